The van der Waals surface area contributed by atoms with Gasteiger partial charge < -0.3 is 14.5 Å². The zero-order valence-electron chi connectivity index (χ0n) is 17.8. The van der Waals surface area contributed by atoms with Crippen LogP contribution in [0.1, 0.15) is 34.3 Å². The monoisotopic (exact) mass is 442 g/mol. The molecule has 1 saturated heterocycles. The van der Waals surface area contributed by atoms with Crippen LogP contribution in [0, 0.1) is 12.8 Å². The Hall–Kier alpha value is -2.86. The third kappa shape index (κ3) is 6.07. The molecule has 1 aliphatic rings. The summed E-state index contributed by atoms with van der Waals surface area (Å²) in [7, 11) is 1.30. The number of piperidine rings is 1. The van der Waals surface area contributed by atoms with E-state index in [0.29, 0.717) is 30.1 Å². The number of rotatable bonds is 6. The molecule has 1 heterocycles. The van der Waals surface area contributed by atoms with Crippen LogP contribution in [0.2, 0.25) is 5.02 Å². The van der Waals surface area contributed by atoms with E-state index in [2.05, 4.69) is 0 Å². The predicted octanol–water partition coefficient (Wildman–Crippen LogP) is 3.70. The van der Waals surface area contributed by atoms with E-state index in [1.54, 1.807) is 17.0 Å². The van der Waals surface area contributed by atoms with E-state index >= 15 is 0 Å². The first kappa shape index (κ1) is 22.8. The number of methoxy groups -OCH3 is 1. The molecule has 0 saturated carbocycles. The molecule has 31 heavy (non-hydrogen) atoms. The first-order valence-corrected chi connectivity index (χ1v) is 10.7. The van der Waals surface area contributed by atoms with Crippen molar-refractivity contribution in [2.75, 3.05) is 26.7 Å². The minimum Gasteiger partial charge on any atom is -0.468 e. The summed E-state index contributed by atoms with van der Waals surface area (Å²) in [4.78, 5) is 41.4. The van der Waals surface area contributed by atoms with Crippen molar-refractivity contribution in [3.8, 4) is 0 Å². The lowest BCUT2D eigenvalue weighted by molar-refractivity contribution is -0.149. The van der Waals surface area contributed by atoms with E-state index in [-0.39, 0.29) is 30.8 Å². The van der Waals surface area contributed by atoms with E-state index in [1.165, 1.54) is 12.0 Å². The molecule has 0 aliphatic carbocycles. The Balaban J connectivity index is 1.72. The summed E-state index contributed by atoms with van der Waals surface area (Å²) in [6.07, 6.45) is 1.41. The van der Waals surface area contributed by atoms with E-state index in [4.69, 9.17) is 16.3 Å². The van der Waals surface area contributed by atoms with Gasteiger partial charge in [0.1, 0.15) is 6.54 Å². The molecule has 0 radical (unpaired) electrons. The molecule has 1 aliphatic heterocycles. The summed E-state index contributed by atoms with van der Waals surface area (Å²) >= 11 is 5.95. The third-order valence-corrected chi connectivity index (χ3v) is 5.75. The summed E-state index contributed by atoms with van der Waals surface area (Å²) in [5, 5.41) is 0.604. The number of esters is 1. The molecule has 2 amide bonds. The normalized spacial score (nSPS) is 16.0. The zero-order valence-corrected chi connectivity index (χ0v) is 18.6. The molecule has 2 aromatic carbocycles. The lowest BCUT2D eigenvalue weighted by Gasteiger charge is -2.35. The smallest absolute Gasteiger partial charge is 0.325 e. The molecule has 2 aromatic rings. The van der Waals surface area contributed by atoms with Gasteiger partial charge in [-0.15, -0.1) is 0 Å². The predicted molar refractivity (Wildman–Crippen MR) is 119 cm³/mol. The first-order valence-electron chi connectivity index (χ1n) is 10.3. The molecule has 0 spiro atoms. The summed E-state index contributed by atoms with van der Waals surface area (Å²) < 4.78 is 4.78. The molecule has 164 valence electrons. The number of carbonyl (C=O) groups is 3. The molecule has 0 bridgehead atoms. The average Bonchev–Trinajstić information content (AvgIpc) is 2.79. The minimum absolute atomic E-state index is 0.0743. The molecular weight excluding hydrogens is 416 g/mol. The Kier molecular flexibility index (Phi) is 7.69. The van der Waals surface area contributed by atoms with Crippen LogP contribution in [0.25, 0.3) is 0 Å². The fraction of sp³-hybridized carbons (Fsp3) is 0.375. The van der Waals surface area contributed by atoms with Crippen LogP contribution in [0.4, 0.5) is 0 Å². The lowest BCUT2D eigenvalue weighted by atomic mass is 9.95. The average molecular weight is 443 g/mol. The number of aryl methyl sites for hydroxylation is 1. The largest absolute Gasteiger partial charge is 0.468 e. The summed E-state index contributed by atoms with van der Waals surface area (Å²) in [6, 6.07) is 14.6. The second kappa shape index (κ2) is 10.4. The van der Waals surface area contributed by atoms with Gasteiger partial charge >= 0.3 is 5.97 Å². The Morgan fingerprint density at radius 3 is 2.42 bits per heavy atom. The zero-order chi connectivity index (χ0) is 22.4. The van der Waals surface area contributed by atoms with Crippen molar-refractivity contribution in [2.24, 2.45) is 5.92 Å². The molecule has 1 atom stereocenters. The van der Waals surface area contributed by atoms with Crippen LogP contribution in [-0.4, -0.2) is 54.3 Å². The second-order valence-electron chi connectivity index (χ2n) is 7.85. The summed E-state index contributed by atoms with van der Waals surface area (Å²) in [5.74, 6) is -1.07. The van der Waals surface area contributed by atoms with Gasteiger partial charge in [-0.1, -0.05) is 41.4 Å². The van der Waals surface area contributed by atoms with Gasteiger partial charge in [0.25, 0.3) is 5.91 Å². The van der Waals surface area contributed by atoms with Gasteiger partial charge in [-0.2, -0.15) is 0 Å². The lowest BCUT2D eigenvalue weighted by Crippen LogP contribution is -2.47. The number of nitrogens with zero attached hydrogens (tertiary/aromatic N) is 2. The van der Waals surface area contributed by atoms with Crippen molar-refractivity contribution in [1.82, 2.24) is 9.80 Å². The molecule has 1 fully saturated rings. The second-order valence-corrected chi connectivity index (χ2v) is 8.29. The highest BCUT2D eigenvalue weighted by atomic mass is 35.5. The SMILES string of the molecule is COC(=O)CN(Cc1ccc(Cl)cc1)C(=O)C1CCCN(C(=O)c2ccc(C)cc2)C1. The number of amides is 2. The molecule has 3 rings (SSSR count). The molecular formula is C24H27ClN2O4. The van der Waals surface area contributed by atoms with Crippen molar-refractivity contribution in [2.45, 2.75) is 26.3 Å². The van der Waals surface area contributed by atoms with Crippen molar-refractivity contribution in [3.63, 3.8) is 0 Å². The van der Waals surface area contributed by atoms with Gasteiger partial charge in [-0.05, 0) is 49.6 Å². The van der Waals surface area contributed by atoms with E-state index in [0.717, 1.165) is 17.5 Å². The Bertz CT molecular complexity index is 928. The van der Waals surface area contributed by atoms with Crippen LogP contribution in [-0.2, 0) is 20.9 Å². The van der Waals surface area contributed by atoms with Gasteiger partial charge in [0.05, 0.1) is 13.0 Å². The minimum atomic E-state index is -0.481. The van der Waals surface area contributed by atoms with E-state index < -0.39 is 5.97 Å². The molecule has 1 unspecified atom stereocenters. The van der Waals surface area contributed by atoms with Crippen molar-refractivity contribution < 1.29 is 19.1 Å². The van der Waals surface area contributed by atoms with Gasteiger partial charge in [0.15, 0.2) is 0 Å². The van der Waals surface area contributed by atoms with Gasteiger partial charge in [-0.25, -0.2) is 0 Å². The Labute approximate surface area is 187 Å². The third-order valence-electron chi connectivity index (χ3n) is 5.50. The number of hydrogen-bond acceptors (Lipinski definition) is 4. The maximum atomic E-state index is 13.3. The Morgan fingerprint density at radius 1 is 1.10 bits per heavy atom. The highest BCUT2D eigenvalue weighted by molar-refractivity contribution is 6.30. The van der Waals surface area contributed by atoms with E-state index in [9.17, 15) is 14.4 Å². The number of carbonyl (C=O) groups excluding carboxylic acids is 3. The van der Waals surface area contributed by atoms with Crippen LogP contribution >= 0.6 is 11.6 Å². The number of hydrogen-bond donors (Lipinski definition) is 0. The van der Waals surface area contributed by atoms with Crippen molar-refractivity contribution in [3.05, 3.63) is 70.2 Å². The van der Waals surface area contributed by atoms with Crippen LogP contribution in [0.3, 0.4) is 0 Å². The molecule has 0 N–H and O–H groups in total. The standard InChI is InChI=1S/C24H27ClN2O4/c1-17-5-9-19(10-6-17)23(29)26-13-3-4-20(15-26)24(30)27(16-22(28)31-2)14-18-7-11-21(25)12-8-18/h5-12,20H,3-4,13-16H2,1-2H3. The van der Waals surface area contributed by atoms with Gasteiger partial charge in [0, 0.05) is 30.2 Å². The maximum Gasteiger partial charge on any atom is 0.325 e. The Morgan fingerprint density at radius 2 is 1.77 bits per heavy atom. The summed E-state index contributed by atoms with van der Waals surface area (Å²) in [5.41, 5.74) is 2.57. The van der Waals surface area contributed by atoms with Crippen LogP contribution in [0.15, 0.2) is 48.5 Å². The van der Waals surface area contributed by atoms with E-state index in [1.807, 2.05) is 43.3 Å². The fourth-order valence-corrected chi connectivity index (χ4v) is 3.87. The van der Waals surface area contributed by atoms with Crippen LogP contribution in [0.5, 0.6) is 0 Å². The van der Waals surface area contributed by atoms with Crippen molar-refractivity contribution in [1.29, 1.82) is 0 Å². The van der Waals surface area contributed by atoms with Crippen molar-refractivity contribution >= 4 is 29.4 Å². The molecule has 7 heteroatoms. The highest BCUT2D eigenvalue weighted by Crippen LogP contribution is 2.22. The first-order chi connectivity index (χ1) is 14.9. The molecule has 6 nitrogen and oxygen atoms in total. The topological polar surface area (TPSA) is 66.9 Å². The number of halogens is 1. The number of benzene rings is 2. The number of likely N-dealkylation sites (tertiary alicyclic amines) is 1. The highest BCUT2D eigenvalue weighted by Gasteiger charge is 2.32. The summed E-state index contributed by atoms with van der Waals surface area (Å²) in [6.45, 7) is 3.06. The maximum absolute atomic E-state index is 13.3. The van der Waals surface area contributed by atoms with Gasteiger partial charge in [0.2, 0.25) is 5.91 Å². The van der Waals surface area contributed by atoms with Crippen LogP contribution < -0.4 is 0 Å². The molecule has 0 aromatic heterocycles. The van der Waals surface area contributed by atoms with Gasteiger partial charge in [-0.3, -0.25) is 14.4 Å². The quantitative estimate of drug-likeness (QED) is 0.640. The number of ether oxygens (including phenoxy) is 1. The fourth-order valence-electron chi connectivity index (χ4n) is 3.74.